The molecule has 0 atom stereocenters. The van der Waals surface area contributed by atoms with Crippen LogP contribution < -0.4 is 11.1 Å². The van der Waals surface area contributed by atoms with Crippen LogP contribution in [0.2, 0.25) is 0 Å². The molecular weight excluding hydrogens is 314 g/mol. The van der Waals surface area contributed by atoms with Crippen molar-refractivity contribution in [2.45, 2.75) is 13.5 Å². The van der Waals surface area contributed by atoms with Crippen LogP contribution in [-0.4, -0.2) is 67.6 Å². The van der Waals surface area contributed by atoms with Crippen LogP contribution in [0.3, 0.4) is 0 Å². The number of primary amides is 1. The second-order valence-corrected chi connectivity index (χ2v) is 5.20. The Morgan fingerprint density at radius 1 is 1.29 bits per heavy atom. The van der Waals surface area contributed by atoms with Gasteiger partial charge in [-0.3, -0.25) is 9.79 Å². The van der Waals surface area contributed by atoms with E-state index in [4.69, 9.17) is 14.9 Å². The number of piperazine rings is 1. The van der Waals surface area contributed by atoms with Gasteiger partial charge in [0.2, 0.25) is 0 Å². The number of aliphatic imine (C=N–C) groups is 1. The third-order valence-corrected chi connectivity index (χ3v) is 3.64. The normalized spacial score (nSPS) is 15.3. The van der Waals surface area contributed by atoms with Gasteiger partial charge in [-0.25, -0.2) is 4.79 Å². The van der Waals surface area contributed by atoms with E-state index >= 15 is 0 Å². The molecule has 0 unspecified atom stereocenters. The summed E-state index contributed by atoms with van der Waals surface area (Å²) < 4.78 is 10.3. The summed E-state index contributed by atoms with van der Waals surface area (Å²) in [6.45, 7) is 5.01. The predicted octanol–water partition coefficient (Wildman–Crippen LogP) is 0.228. The number of ether oxygens (including phenoxy) is 1. The van der Waals surface area contributed by atoms with E-state index in [1.54, 1.807) is 31.0 Å². The number of nitrogens with two attached hydrogens (primary N) is 1. The highest BCUT2D eigenvalue weighted by Gasteiger charge is 2.23. The van der Waals surface area contributed by atoms with Crippen molar-refractivity contribution in [3.8, 4) is 0 Å². The van der Waals surface area contributed by atoms with Crippen molar-refractivity contribution in [3.05, 3.63) is 23.7 Å². The Morgan fingerprint density at radius 2 is 1.96 bits per heavy atom. The first-order valence-corrected chi connectivity index (χ1v) is 7.81. The minimum Gasteiger partial charge on any atom is -0.454 e. The van der Waals surface area contributed by atoms with Crippen molar-refractivity contribution in [2.24, 2.45) is 10.7 Å². The molecule has 132 valence electrons. The maximum absolute atomic E-state index is 11.7. The highest BCUT2D eigenvalue weighted by atomic mass is 16.6. The van der Waals surface area contributed by atoms with Gasteiger partial charge in [0, 0.05) is 33.2 Å². The van der Waals surface area contributed by atoms with E-state index in [1.165, 1.54) is 0 Å². The summed E-state index contributed by atoms with van der Waals surface area (Å²) in [6.07, 6.45) is -0.283. The van der Waals surface area contributed by atoms with Crippen molar-refractivity contribution in [3.63, 3.8) is 0 Å². The summed E-state index contributed by atoms with van der Waals surface area (Å²) in [4.78, 5) is 30.7. The van der Waals surface area contributed by atoms with E-state index in [2.05, 4.69) is 10.3 Å². The van der Waals surface area contributed by atoms with Crippen molar-refractivity contribution in [1.29, 1.82) is 0 Å². The average molecular weight is 337 g/mol. The Kier molecular flexibility index (Phi) is 6.05. The third-order valence-electron chi connectivity index (χ3n) is 3.64. The first-order valence-electron chi connectivity index (χ1n) is 7.81. The fourth-order valence-electron chi connectivity index (χ4n) is 2.42. The Balaban J connectivity index is 1.84. The van der Waals surface area contributed by atoms with Crippen molar-refractivity contribution >= 4 is 18.0 Å². The molecule has 2 heterocycles. The van der Waals surface area contributed by atoms with Gasteiger partial charge in [-0.15, -0.1) is 0 Å². The summed E-state index contributed by atoms with van der Waals surface area (Å²) in [5, 5.41) is 3.17. The number of carbonyl (C=O) groups is 2. The van der Waals surface area contributed by atoms with Crippen LogP contribution in [0.5, 0.6) is 0 Å². The molecule has 1 saturated heterocycles. The zero-order chi connectivity index (χ0) is 17.5. The second kappa shape index (κ2) is 8.23. The highest BCUT2D eigenvalue weighted by Crippen LogP contribution is 2.08. The van der Waals surface area contributed by atoms with E-state index in [0.29, 0.717) is 51.1 Å². The Hall–Kier alpha value is -2.71. The number of carbonyl (C=O) groups excluding carboxylic acids is 2. The highest BCUT2D eigenvalue weighted by molar-refractivity contribution is 5.89. The molecule has 3 N–H and O–H groups in total. The molecule has 0 bridgehead atoms. The molecule has 9 nitrogen and oxygen atoms in total. The average Bonchev–Trinajstić information content (AvgIpc) is 3.05. The van der Waals surface area contributed by atoms with Gasteiger partial charge in [-0.1, -0.05) is 0 Å². The second-order valence-electron chi connectivity index (χ2n) is 5.20. The minimum absolute atomic E-state index is 0.129. The number of furan rings is 1. The Labute approximate surface area is 140 Å². The third kappa shape index (κ3) is 4.40. The molecule has 1 aliphatic heterocycles. The number of amides is 2. The predicted molar refractivity (Wildman–Crippen MR) is 87.6 cm³/mol. The van der Waals surface area contributed by atoms with E-state index in [1.807, 2.05) is 4.90 Å². The van der Waals surface area contributed by atoms with Gasteiger partial charge >= 0.3 is 6.09 Å². The molecule has 1 aliphatic rings. The molecule has 1 aromatic rings. The fraction of sp³-hybridized carbons (Fsp3) is 0.533. The zero-order valence-corrected chi connectivity index (χ0v) is 13.9. The van der Waals surface area contributed by atoms with E-state index in [9.17, 15) is 9.59 Å². The lowest BCUT2D eigenvalue weighted by molar-refractivity contribution is 0.0913. The summed E-state index contributed by atoms with van der Waals surface area (Å²) in [5.74, 6) is 0.830. The summed E-state index contributed by atoms with van der Waals surface area (Å²) in [7, 11) is 1.69. The van der Waals surface area contributed by atoms with Crippen molar-refractivity contribution in [2.75, 3.05) is 39.8 Å². The van der Waals surface area contributed by atoms with E-state index in [0.717, 1.165) is 0 Å². The van der Waals surface area contributed by atoms with Gasteiger partial charge < -0.3 is 30.0 Å². The molecule has 0 saturated carbocycles. The van der Waals surface area contributed by atoms with Crippen LogP contribution in [0, 0.1) is 0 Å². The van der Waals surface area contributed by atoms with E-state index in [-0.39, 0.29) is 11.9 Å². The molecule has 24 heavy (non-hydrogen) atoms. The smallest absolute Gasteiger partial charge is 0.409 e. The quantitative estimate of drug-likeness (QED) is 0.600. The van der Waals surface area contributed by atoms with E-state index < -0.39 is 5.91 Å². The first kappa shape index (κ1) is 17.6. The number of nitrogens with zero attached hydrogens (tertiary/aromatic N) is 3. The summed E-state index contributed by atoms with van der Waals surface area (Å²) in [6, 6.07) is 3.24. The lowest BCUT2D eigenvalue weighted by Crippen LogP contribution is -2.53. The van der Waals surface area contributed by atoms with Gasteiger partial charge in [-0.2, -0.15) is 0 Å². The number of rotatable bonds is 4. The Morgan fingerprint density at radius 3 is 2.50 bits per heavy atom. The molecule has 1 aromatic heterocycles. The molecule has 9 heteroatoms. The SMILES string of the molecule is CCOC(=O)N1CCN(C(=NC)NCc2ccc(C(N)=O)o2)CC1. The monoisotopic (exact) mass is 337 g/mol. The minimum atomic E-state index is -0.597. The lowest BCUT2D eigenvalue weighted by Gasteiger charge is -2.35. The molecule has 2 amide bonds. The van der Waals surface area contributed by atoms with Crippen LogP contribution in [0.15, 0.2) is 21.5 Å². The van der Waals surface area contributed by atoms with Crippen LogP contribution in [0.1, 0.15) is 23.2 Å². The molecule has 2 rings (SSSR count). The summed E-state index contributed by atoms with van der Waals surface area (Å²) in [5.41, 5.74) is 5.16. The molecule has 1 fully saturated rings. The lowest BCUT2D eigenvalue weighted by atomic mass is 10.3. The topological polar surface area (TPSA) is 113 Å². The molecule has 0 radical (unpaired) electrons. The van der Waals surface area contributed by atoms with Gasteiger partial charge in [0.15, 0.2) is 11.7 Å². The molecule has 0 aromatic carbocycles. The number of guanidine groups is 1. The van der Waals surface area contributed by atoms with Crippen LogP contribution >= 0.6 is 0 Å². The van der Waals surface area contributed by atoms with Crippen LogP contribution in [-0.2, 0) is 11.3 Å². The van der Waals surface area contributed by atoms with Crippen LogP contribution in [0.4, 0.5) is 4.79 Å². The van der Waals surface area contributed by atoms with Gasteiger partial charge in [0.05, 0.1) is 13.2 Å². The maximum atomic E-state index is 11.7. The zero-order valence-electron chi connectivity index (χ0n) is 13.9. The fourth-order valence-corrected chi connectivity index (χ4v) is 2.42. The largest absolute Gasteiger partial charge is 0.454 e. The Bertz CT molecular complexity index is 605. The summed E-state index contributed by atoms with van der Waals surface area (Å²) >= 11 is 0. The first-order chi connectivity index (χ1) is 11.5. The molecular formula is C15H23N5O4. The van der Waals surface area contributed by atoms with Crippen molar-refractivity contribution < 1.29 is 18.7 Å². The number of nitrogens with one attached hydrogen (secondary N) is 1. The van der Waals surface area contributed by atoms with Gasteiger partial charge in [-0.05, 0) is 19.1 Å². The van der Waals surface area contributed by atoms with Crippen molar-refractivity contribution in [1.82, 2.24) is 15.1 Å². The van der Waals surface area contributed by atoms with Gasteiger partial charge in [0.25, 0.3) is 5.91 Å². The number of hydrogen-bond donors (Lipinski definition) is 2. The maximum Gasteiger partial charge on any atom is 0.409 e. The molecule has 0 aliphatic carbocycles. The van der Waals surface area contributed by atoms with Crippen LogP contribution in [0.25, 0.3) is 0 Å². The van der Waals surface area contributed by atoms with Gasteiger partial charge in [0.1, 0.15) is 5.76 Å². The molecule has 0 spiro atoms. The number of hydrogen-bond acceptors (Lipinski definition) is 5. The standard InChI is InChI=1S/C15H23N5O4/c1-3-23-15(22)20-8-6-19(7-9-20)14(17-2)18-10-11-4-5-12(24-11)13(16)21/h4-5H,3,6-10H2,1-2H3,(H2,16,21)(H,17,18).